The Labute approximate surface area is 157 Å². The summed E-state index contributed by atoms with van der Waals surface area (Å²) >= 11 is 0. The molecule has 0 aliphatic carbocycles. The number of anilines is 2. The van der Waals surface area contributed by atoms with Crippen LogP contribution in [0.4, 0.5) is 11.4 Å². The third-order valence-electron chi connectivity index (χ3n) is 4.45. The van der Waals surface area contributed by atoms with E-state index >= 15 is 0 Å². The summed E-state index contributed by atoms with van der Waals surface area (Å²) in [7, 11) is 3.05. The normalized spacial score (nSPS) is 16.0. The Hall–Kier alpha value is -3.53. The second kappa shape index (κ2) is 7.79. The molecule has 1 aliphatic heterocycles. The molecule has 1 heterocycles. The van der Waals surface area contributed by atoms with Gasteiger partial charge in [0.2, 0.25) is 11.8 Å². The Bertz CT molecular complexity index is 920. The van der Waals surface area contributed by atoms with E-state index in [1.807, 2.05) is 0 Å². The molecule has 0 aromatic heterocycles. The number of carbonyl (C=O) groups excluding carboxylic acids is 2. The van der Waals surface area contributed by atoms with E-state index in [1.54, 1.807) is 42.5 Å². The van der Waals surface area contributed by atoms with Crippen molar-refractivity contribution in [3.63, 3.8) is 0 Å². The highest BCUT2D eigenvalue weighted by Gasteiger charge is 2.35. The fraction of sp³-hybridized carbons (Fsp3) is 0.250. The SMILES string of the molecule is COc1ccc(OC)c(NC(=O)C2CC(=O)N(c3cccc(C#N)c3)C2)c1. The molecule has 0 radical (unpaired) electrons. The average Bonchev–Trinajstić information content (AvgIpc) is 3.09. The average molecular weight is 365 g/mol. The molecule has 1 unspecified atom stereocenters. The summed E-state index contributed by atoms with van der Waals surface area (Å²) in [5.41, 5.74) is 1.57. The molecule has 27 heavy (non-hydrogen) atoms. The Kier molecular flexibility index (Phi) is 5.27. The van der Waals surface area contributed by atoms with Gasteiger partial charge in [-0.2, -0.15) is 5.26 Å². The summed E-state index contributed by atoms with van der Waals surface area (Å²) in [5.74, 6) is 0.173. The van der Waals surface area contributed by atoms with Gasteiger partial charge in [0.05, 0.1) is 37.5 Å². The van der Waals surface area contributed by atoms with E-state index in [9.17, 15) is 9.59 Å². The number of nitrogens with one attached hydrogen (secondary N) is 1. The van der Waals surface area contributed by atoms with Crippen molar-refractivity contribution in [3.05, 3.63) is 48.0 Å². The zero-order valence-corrected chi connectivity index (χ0v) is 15.1. The highest BCUT2D eigenvalue weighted by Crippen LogP contribution is 2.31. The van der Waals surface area contributed by atoms with Crippen molar-refractivity contribution in [3.8, 4) is 17.6 Å². The Morgan fingerprint density at radius 2 is 2.04 bits per heavy atom. The van der Waals surface area contributed by atoms with Crippen LogP contribution in [-0.4, -0.2) is 32.6 Å². The first-order chi connectivity index (χ1) is 13.0. The lowest BCUT2D eigenvalue weighted by Gasteiger charge is -2.17. The molecular formula is C20H19N3O4. The van der Waals surface area contributed by atoms with Gasteiger partial charge >= 0.3 is 0 Å². The number of hydrogen-bond donors (Lipinski definition) is 1. The summed E-state index contributed by atoms with van der Waals surface area (Å²) in [6.07, 6.45) is 0.106. The summed E-state index contributed by atoms with van der Waals surface area (Å²) in [4.78, 5) is 26.6. The molecule has 0 saturated carbocycles. The summed E-state index contributed by atoms with van der Waals surface area (Å²) in [6.45, 7) is 0.256. The van der Waals surface area contributed by atoms with Crippen molar-refractivity contribution in [1.29, 1.82) is 5.26 Å². The van der Waals surface area contributed by atoms with E-state index in [4.69, 9.17) is 14.7 Å². The molecule has 2 aromatic carbocycles. The van der Waals surface area contributed by atoms with E-state index in [0.717, 1.165) is 0 Å². The molecule has 2 amide bonds. The van der Waals surface area contributed by atoms with Crippen molar-refractivity contribution in [1.82, 2.24) is 0 Å². The van der Waals surface area contributed by atoms with Gasteiger partial charge in [-0.1, -0.05) is 6.07 Å². The third kappa shape index (κ3) is 3.85. The molecule has 1 atom stereocenters. The molecule has 7 heteroatoms. The van der Waals surface area contributed by atoms with Crippen LogP contribution >= 0.6 is 0 Å². The quantitative estimate of drug-likeness (QED) is 0.879. The van der Waals surface area contributed by atoms with Crippen molar-refractivity contribution >= 4 is 23.2 Å². The van der Waals surface area contributed by atoms with Crippen LogP contribution in [0.2, 0.25) is 0 Å². The second-order valence-electron chi connectivity index (χ2n) is 6.12. The van der Waals surface area contributed by atoms with Crippen LogP contribution in [0.5, 0.6) is 11.5 Å². The zero-order chi connectivity index (χ0) is 19.4. The molecule has 1 N–H and O–H groups in total. The number of hydrogen-bond acceptors (Lipinski definition) is 5. The number of methoxy groups -OCH3 is 2. The highest BCUT2D eigenvalue weighted by molar-refractivity contribution is 6.04. The van der Waals surface area contributed by atoms with Crippen molar-refractivity contribution in [2.75, 3.05) is 31.0 Å². The predicted octanol–water partition coefficient (Wildman–Crippen LogP) is 2.57. The number of nitriles is 1. The Morgan fingerprint density at radius 1 is 1.22 bits per heavy atom. The molecule has 0 bridgehead atoms. The largest absolute Gasteiger partial charge is 0.497 e. The maximum atomic E-state index is 12.7. The minimum Gasteiger partial charge on any atom is -0.497 e. The monoisotopic (exact) mass is 365 g/mol. The second-order valence-corrected chi connectivity index (χ2v) is 6.12. The number of nitrogens with zero attached hydrogens (tertiary/aromatic N) is 2. The Balaban J connectivity index is 1.75. The highest BCUT2D eigenvalue weighted by atomic mass is 16.5. The van der Waals surface area contributed by atoms with Crippen LogP contribution in [-0.2, 0) is 9.59 Å². The van der Waals surface area contributed by atoms with Gasteiger partial charge in [0, 0.05) is 24.7 Å². The fourth-order valence-corrected chi connectivity index (χ4v) is 3.02. The van der Waals surface area contributed by atoms with Crippen molar-refractivity contribution < 1.29 is 19.1 Å². The molecule has 0 spiro atoms. The van der Waals surface area contributed by atoms with E-state index in [-0.39, 0.29) is 24.8 Å². The lowest BCUT2D eigenvalue weighted by molar-refractivity contribution is -0.122. The van der Waals surface area contributed by atoms with E-state index in [2.05, 4.69) is 11.4 Å². The minimum atomic E-state index is -0.501. The molecule has 7 nitrogen and oxygen atoms in total. The molecule has 3 rings (SSSR count). The van der Waals surface area contributed by atoms with Crippen LogP contribution in [0.25, 0.3) is 0 Å². The fourth-order valence-electron chi connectivity index (χ4n) is 3.02. The standard InChI is InChI=1S/C20H19N3O4/c1-26-16-6-7-18(27-2)17(10-16)22-20(25)14-9-19(24)23(12-14)15-5-3-4-13(8-15)11-21/h3-8,10,14H,9,12H2,1-2H3,(H,22,25). The van der Waals surface area contributed by atoms with E-state index < -0.39 is 5.92 Å². The zero-order valence-electron chi connectivity index (χ0n) is 15.1. The van der Waals surface area contributed by atoms with Crippen LogP contribution in [0, 0.1) is 17.2 Å². The number of rotatable bonds is 5. The van der Waals surface area contributed by atoms with Gasteiger partial charge in [0.15, 0.2) is 0 Å². The first kappa shape index (κ1) is 18.3. The van der Waals surface area contributed by atoms with Gasteiger partial charge in [-0.25, -0.2) is 0 Å². The first-order valence-corrected chi connectivity index (χ1v) is 8.39. The molecule has 1 fully saturated rings. The summed E-state index contributed by atoms with van der Waals surface area (Å²) < 4.78 is 10.4. The summed E-state index contributed by atoms with van der Waals surface area (Å²) in [5, 5.41) is 11.8. The molecule has 2 aromatic rings. The van der Waals surface area contributed by atoms with Crippen molar-refractivity contribution in [2.24, 2.45) is 5.92 Å². The van der Waals surface area contributed by atoms with E-state index in [0.29, 0.717) is 28.4 Å². The maximum absolute atomic E-state index is 12.7. The van der Waals surface area contributed by atoms with Gasteiger partial charge in [0.25, 0.3) is 0 Å². The van der Waals surface area contributed by atoms with Gasteiger partial charge < -0.3 is 19.7 Å². The van der Waals surface area contributed by atoms with Crippen LogP contribution in [0.3, 0.4) is 0 Å². The number of amides is 2. The van der Waals surface area contributed by atoms with E-state index in [1.165, 1.54) is 19.1 Å². The lowest BCUT2D eigenvalue weighted by atomic mass is 10.1. The molecule has 138 valence electrons. The first-order valence-electron chi connectivity index (χ1n) is 8.39. The van der Waals surface area contributed by atoms with Gasteiger partial charge in [-0.3, -0.25) is 9.59 Å². The molecule has 1 aliphatic rings. The lowest BCUT2D eigenvalue weighted by Crippen LogP contribution is -2.28. The van der Waals surface area contributed by atoms with Gasteiger partial charge in [-0.15, -0.1) is 0 Å². The minimum absolute atomic E-state index is 0.106. The number of benzene rings is 2. The van der Waals surface area contributed by atoms with Crippen LogP contribution < -0.4 is 19.7 Å². The smallest absolute Gasteiger partial charge is 0.229 e. The molecule has 1 saturated heterocycles. The number of ether oxygens (including phenoxy) is 2. The number of carbonyl (C=O) groups is 2. The van der Waals surface area contributed by atoms with Gasteiger partial charge in [-0.05, 0) is 30.3 Å². The maximum Gasteiger partial charge on any atom is 0.229 e. The van der Waals surface area contributed by atoms with Crippen LogP contribution in [0.15, 0.2) is 42.5 Å². The molecular weight excluding hydrogens is 346 g/mol. The predicted molar refractivity (Wildman–Crippen MR) is 99.8 cm³/mol. The van der Waals surface area contributed by atoms with Crippen molar-refractivity contribution in [2.45, 2.75) is 6.42 Å². The summed E-state index contributed by atoms with van der Waals surface area (Å²) in [6, 6.07) is 13.9. The van der Waals surface area contributed by atoms with Crippen LogP contribution in [0.1, 0.15) is 12.0 Å². The Morgan fingerprint density at radius 3 is 2.74 bits per heavy atom. The van der Waals surface area contributed by atoms with Gasteiger partial charge in [0.1, 0.15) is 11.5 Å². The topological polar surface area (TPSA) is 91.7 Å². The third-order valence-corrected chi connectivity index (χ3v) is 4.45.